The second-order valence-electron chi connectivity index (χ2n) is 14.6. The van der Waals surface area contributed by atoms with E-state index in [0.29, 0.717) is 27.1 Å². The largest absolute Gasteiger partial charge is 0.0839 e. The molecule has 170 valence electrons. The Balaban J connectivity index is 1.56. The van der Waals surface area contributed by atoms with Crippen molar-refractivity contribution in [3.8, 4) is 0 Å². The first-order valence-electron chi connectivity index (χ1n) is 13.6. The number of hydrogen-bond donors (Lipinski definition) is 0. The van der Waals surface area contributed by atoms with Crippen LogP contribution >= 0.6 is 0 Å². The summed E-state index contributed by atoms with van der Waals surface area (Å²) in [5.74, 6) is 4.46. The van der Waals surface area contributed by atoms with Gasteiger partial charge in [-0.3, -0.25) is 0 Å². The third-order valence-electron chi connectivity index (χ3n) is 13.0. The van der Waals surface area contributed by atoms with Gasteiger partial charge in [0.2, 0.25) is 0 Å². The van der Waals surface area contributed by atoms with Crippen molar-refractivity contribution in [2.75, 3.05) is 0 Å². The molecule has 0 radical (unpaired) electrons. The molecular formula is C30H50. The fraction of sp³-hybridized carbons (Fsp3) is 0.933. The molecule has 5 rings (SSSR count). The van der Waals surface area contributed by atoms with Gasteiger partial charge in [-0.2, -0.15) is 0 Å². The molecule has 0 aromatic rings. The first-order valence-corrected chi connectivity index (χ1v) is 13.6. The molecule has 0 unspecified atom stereocenters. The Labute approximate surface area is 188 Å². The van der Waals surface area contributed by atoms with E-state index in [0.717, 1.165) is 29.6 Å². The maximum absolute atomic E-state index is 2.81. The van der Waals surface area contributed by atoms with Gasteiger partial charge in [0.15, 0.2) is 0 Å². The van der Waals surface area contributed by atoms with E-state index in [1.54, 1.807) is 0 Å². The third-order valence-corrected chi connectivity index (χ3v) is 13.0. The summed E-state index contributed by atoms with van der Waals surface area (Å²) < 4.78 is 0. The zero-order valence-corrected chi connectivity index (χ0v) is 21.5. The smallest absolute Gasteiger partial charge is 0.00796 e. The van der Waals surface area contributed by atoms with E-state index in [1.165, 1.54) is 64.2 Å². The summed E-state index contributed by atoms with van der Waals surface area (Å²) >= 11 is 0. The highest BCUT2D eigenvalue weighted by atomic mass is 14.7. The van der Waals surface area contributed by atoms with Crippen molar-refractivity contribution in [3.05, 3.63) is 11.6 Å². The third kappa shape index (κ3) is 2.46. The first kappa shape index (κ1) is 21.6. The molecular weight excluding hydrogens is 360 g/mol. The van der Waals surface area contributed by atoms with Crippen LogP contribution in [0, 0.1) is 56.7 Å². The maximum atomic E-state index is 2.81. The highest BCUT2D eigenvalue weighted by Gasteiger charge is 2.68. The van der Waals surface area contributed by atoms with E-state index in [-0.39, 0.29) is 0 Å². The molecule has 8 atom stereocenters. The van der Waals surface area contributed by atoms with Gasteiger partial charge < -0.3 is 0 Å². The molecule has 5 aliphatic carbocycles. The lowest BCUT2D eigenvalue weighted by Gasteiger charge is -2.72. The van der Waals surface area contributed by atoms with Gasteiger partial charge in [-0.1, -0.05) is 73.5 Å². The standard InChI is InChI=1S/C30H50/c1-20(2)21-12-17-27(5)22(21)13-18-29(7)24(27)10-11-25-28(6)16-9-15-26(3,4)23(28)14-19-30(25,29)8/h13,20-21,23-25H,9-12,14-19H2,1-8H3/t21-,23+,24+,25-,27+,28+,29-,30-/m1/s1. The lowest BCUT2D eigenvalue weighted by atomic mass is 9.33. The molecule has 4 fully saturated rings. The Hall–Kier alpha value is -0.260. The lowest BCUT2D eigenvalue weighted by Crippen LogP contribution is -2.64. The molecule has 4 saturated carbocycles. The van der Waals surface area contributed by atoms with Crippen LogP contribution < -0.4 is 0 Å². The quantitative estimate of drug-likeness (QED) is 0.378. The number of hydrogen-bond acceptors (Lipinski definition) is 0. The zero-order valence-electron chi connectivity index (χ0n) is 21.5. The fourth-order valence-electron chi connectivity index (χ4n) is 11.4. The molecule has 0 saturated heterocycles. The van der Waals surface area contributed by atoms with Gasteiger partial charge in [0.05, 0.1) is 0 Å². The molecule has 0 heterocycles. The Morgan fingerprint density at radius 2 is 1.43 bits per heavy atom. The minimum absolute atomic E-state index is 0.486. The van der Waals surface area contributed by atoms with Crippen molar-refractivity contribution in [2.24, 2.45) is 56.7 Å². The fourth-order valence-corrected chi connectivity index (χ4v) is 11.4. The summed E-state index contributed by atoms with van der Waals surface area (Å²) in [6, 6.07) is 0. The SMILES string of the molecule is CC(C)[C@H]1CC[C@@]2(C)C1=CC[C@]1(C)[C@H]2CC[C@@H]2[C@@]3(C)CCCC(C)(C)[C@@H]3CC[C@]21C. The maximum Gasteiger partial charge on any atom is -0.00796 e. The van der Waals surface area contributed by atoms with Crippen LogP contribution in [0.3, 0.4) is 0 Å². The van der Waals surface area contributed by atoms with Crippen LogP contribution in [0.15, 0.2) is 11.6 Å². The predicted molar refractivity (Wildman–Crippen MR) is 129 cm³/mol. The van der Waals surface area contributed by atoms with Gasteiger partial charge in [-0.05, 0) is 114 Å². The van der Waals surface area contributed by atoms with Crippen molar-refractivity contribution in [1.82, 2.24) is 0 Å². The van der Waals surface area contributed by atoms with E-state index < -0.39 is 0 Å². The molecule has 30 heavy (non-hydrogen) atoms. The second-order valence-corrected chi connectivity index (χ2v) is 14.6. The first-order chi connectivity index (χ1) is 13.9. The van der Waals surface area contributed by atoms with Gasteiger partial charge in [0.1, 0.15) is 0 Å². The van der Waals surface area contributed by atoms with E-state index in [2.05, 4.69) is 61.5 Å². The Morgan fingerprint density at radius 1 is 0.733 bits per heavy atom. The van der Waals surface area contributed by atoms with Crippen molar-refractivity contribution in [2.45, 2.75) is 120 Å². The van der Waals surface area contributed by atoms with Gasteiger partial charge >= 0.3 is 0 Å². The topological polar surface area (TPSA) is 0 Å². The minimum atomic E-state index is 0.486. The van der Waals surface area contributed by atoms with E-state index >= 15 is 0 Å². The van der Waals surface area contributed by atoms with Crippen LogP contribution in [0.2, 0.25) is 0 Å². The van der Waals surface area contributed by atoms with E-state index in [4.69, 9.17) is 0 Å². The molecule has 0 heteroatoms. The second kappa shape index (κ2) is 6.41. The average molecular weight is 411 g/mol. The lowest BCUT2D eigenvalue weighted by molar-refractivity contribution is -0.220. The monoisotopic (exact) mass is 410 g/mol. The Kier molecular flexibility index (Phi) is 4.61. The van der Waals surface area contributed by atoms with Crippen molar-refractivity contribution in [1.29, 1.82) is 0 Å². The van der Waals surface area contributed by atoms with Gasteiger partial charge in [-0.15, -0.1) is 0 Å². The van der Waals surface area contributed by atoms with Crippen LogP contribution in [0.1, 0.15) is 120 Å². The van der Waals surface area contributed by atoms with Crippen molar-refractivity contribution in [3.63, 3.8) is 0 Å². The average Bonchev–Trinajstić information content (AvgIpc) is 2.99. The Bertz CT molecular complexity index is 741. The predicted octanol–water partition coefficient (Wildman–Crippen LogP) is 9.05. The van der Waals surface area contributed by atoms with Crippen LogP contribution in [0.4, 0.5) is 0 Å². The summed E-state index contributed by atoms with van der Waals surface area (Å²) in [7, 11) is 0. The number of allylic oxidation sites excluding steroid dienone is 2. The summed E-state index contributed by atoms with van der Waals surface area (Å²) in [5, 5.41) is 0. The van der Waals surface area contributed by atoms with Crippen molar-refractivity contribution >= 4 is 0 Å². The molecule has 0 spiro atoms. The van der Waals surface area contributed by atoms with E-state index in [1.807, 2.05) is 5.57 Å². The normalized spacial score (nSPS) is 54.6. The molecule has 0 aromatic carbocycles. The highest BCUT2D eigenvalue weighted by Crippen LogP contribution is 2.77. The molecule has 0 nitrogen and oxygen atoms in total. The van der Waals surface area contributed by atoms with Crippen LogP contribution in [0.25, 0.3) is 0 Å². The van der Waals surface area contributed by atoms with Crippen LogP contribution in [0.5, 0.6) is 0 Å². The molecule has 0 amide bonds. The van der Waals surface area contributed by atoms with Gasteiger partial charge in [0.25, 0.3) is 0 Å². The number of fused-ring (bicyclic) bond motifs is 7. The van der Waals surface area contributed by atoms with E-state index in [9.17, 15) is 0 Å². The molecule has 0 bridgehead atoms. The van der Waals surface area contributed by atoms with Crippen LogP contribution in [-0.4, -0.2) is 0 Å². The Morgan fingerprint density at radius 3 is 2.13 bits per heavy atom. The summed E-state index contributed by atoms with van der Waals surface area (Å²) in [6.07, 6.45) is 17.5. The summed E-state index contributed by atoms with van der Waals surface area (Å²) in [4.78, 5) is 0. The number of rotatable bonds is 1. The van der Waals surface area contributed by atoms with Crippen molar-refractivity contribution < 1.29 is 0 Å². The van der Waals surface area contributed by atoms with Gasteiger partial charge in [-0.25, -0.2) is 0 Å². The molecule has 0 aliphatic heterocycles. The molecule has 5 aliphatic rings. The summed E-state index contributed by atoms with van der Waals surface area (Å²) in [6.45, 7) is 21.1. The van der Waals surface area contributed by atoms with Crippen LogP contribution in [-0.2, 0) is 0 Å². The summed E-state index contributed by atoms with van der Waals surface area (Å²) in [5.41, 5.74) is 4.52. The zero-order chi connectivity index (χ0) is 21.7. The minimum Gasteiger partial charge on any atom is -0.0839 e. The molecule has 0 aromatic heterocycles. The highest BCUT2D eigenvalue weighted by molar-refractivity contribution is 5.32. The molecule has 0 N–H and O–H groups in total. The van der Waals surface area contributed by atoms with Gasteiger partial charge in [0, 0.05) is 0 Å².